The molecule has 0 saturated carbocycles. The van der Waals surface area contributed by atoms with Crippen molar-refractivity contribution in [1.29, 1.82) is 10.5 Å². The van der Waals surface area contributed by atoms with E-state index in [4.69, 9.17) is 0 Å². The third kappa shape index (κ3) is 4.44. The summed E-state index contributed by atoms with van der Waals surface area (Å²) in [6.45, 7) is 0. The molecule has 0 N–H and O–H groups in total. The summed E-state index contributed by atoms with van der Waals surface area (Å²) in [5, 5.41) is 18.7. The van der Waals surface area contributed by atoms with Crippen molar-refractivity contribution in [3.63, 3.8) is 0 Å². The fraction of sp³-hybridized carbons (Fsp3) is 0. The molecule has 0 aromatic heterocycles. The molecule has 0 aliphatic carbocycles. The van der Waals surface area contributed by atoms with E-state index >= 15 is 4.39 Å². The van der Waals surface area contributed by atoms with Crippen molar-refractivity contribution in [3.8, 4) is 56.6 Å². The largest absolute Gasteiger partial charge is 0.205 e. The summed E-state index contributed by atoms with van der Waals surface area (Å²) in [4.78, 5) is 0. The highest BCUT2D eigenvalue weighted by atomic mass is 19.1. The molecule has 0 fully saturated rings. The summed E-state index contributed by atoms with van der Waals surface area (Å²) in [7, 11) is 0. The molecule has 0 amide bonds. The Hall–Kier alpha value is -4.99. The predicted octanol–water partition coefficient (Wildman–Crippen LogP) is 8.24. The van der Waals surface area contributed by atoms with Crippen LogP contribution in [-0.4, -0.2) is 0 Å². The fourth-order valence-corrected chi connectivity index (χ4v) is 4.24. The maximum atomic E-state index is 15.0. The van der Waals surface area contributed by atoms with Gasteiger partial charge in [-0.05, 0) is 75.3 Å². The summed E-state index contributed by atoms with van der Waals surface area (Å²) in [6, 6.07) is 41.0. The summed E-state index contributed by atoms with van der Waals surface area (Å²) < 4.78 is 15.0. The highest BCUT2D eigenvalue weighted by Crippen LogP contribution is 2.35. The van der Waals surface area contributed by atoms with E-state index in [-0.39, 0.29) is 16.7 Å². The van der Waals surface area contributed by atoms with Crippen molar-refractivity contribution < 1.29 is 4.39 Å². The van der Waals surface area contributed by atoms with E-state index in [1.165, 1.54) is 12.1 Å². The Balaban J connectivity index is 1.68. The summed E-state index contributed by atoms with van der Waals surface area (Å²) in [6.07, 6.45) is 0. The van der Waals surface area contributed by atoms with Gasteiger partial charge in [0.2, 0.25) is 0 Å². The Morgan fingerprint density at radius 3 is 1.49 bits per heavy atom. The van der Waals surface area contributed by atoms with Crippen molar-refractivity contribution in [1.82, 2.24) is 0 Å². The zero-order valence-corrected chi connectivity index (χ0v) is 18.7. The van der Waals surface area contributed by atoms with Gasteiger partial charge in [-0.2, -0.15) is 10.5 Å². The van der Waals surface area contributed by atoms with E-state index in [1.54, 1.807) is 6.07 Å². The van der Waals surface area contributed by atoms with Crippen molar-refractivity contribution in [2.24, 2.45) is 0 Å². The summed E-state index contributed by atoms with van der Waals surface area (Å²) in [5.74, 6) is -0.619. The van der Waals surface area contributed by atoms with Gasteiger partial charge in [-0.3, -0.25) is 0 Å². The number of nitrogens with zero attached hydrogens (tertiary/aromatic N) is 2. The van der Waals surface area contributed by atoms with Gasteiger partial charge in [-0.15, -0.1) is 0 Å². The average molecular weight is 451 g/mol. The van der Waals surface area contributed by atoms with Gasteiger partial charge in [0, 0.05) is 5.56 Å². The van der Waals surface area contributed by atoms with E-state index in [1.807, 2.05) is 66.7 Å². The van der Waals surface area contributed by atoms with Crippen molar-refractivity contribution >= 4 is 0 Å². The lowest BCUT2D eigenvalue weighted by molar-refractivity contribution is 0.627. The molecule has 35 heavy (non-hydrogen) atoms. The minimum Gasteiger partial charge on any atom is -0.205 e. The Morgan fingerprint density at radius 1 is 0.457 bits per heavy atom. The van der Waals surface area contributed by atoms with Crippen LogP contribution in [0.2, 0.25) is 0 Å². The molecule has 0 spiro atoms. The molecule has 0 unspecified atom stereocenters. The first-order chi connectivity index (χ1) is 17.2. The molecule has 2 nitrogen and oxygen atoms in total. The summed E-state index contributed by atoms with van der Waals surface area (Å²) >= 11 is 0. The molecular weight excluding hydrogens is 431 g/mol. The van der Waals surface area contributed by atoms with Crippen LogP contribution < -0.4 is 0 Å². The summed E-state index contributed by atoms with van der Waals surface area (Å²) in [5.41, 5.74) is 7.24. The van der Waals surface area contributed by atoms with Gasteiger partial charge in [0.1, 0.15) is 11.9 Å². The molecule has 5 aromatic carbocycles. The lowest BCUT2D eigenvalue weighted by Crippen LogP contribution is -1.93. The second-order valence-electron chi connectivity index (χ2n) is 8.22. The van der Waals surface area contributed by atoms with E-state index in [0.29, 0.717) is 5.56 Å². The minimum atomic E-state index is -0.619. The quantitative estimate of drug-likeness (QED) is 0.277. The van der Waals surface area contributed by atoms with Crippen LogP contribution >= 0.6 is 0 Å². The van der Waals surface area contributed by atoms with Gasteiger partial charge in [0.25, 0.3) is 0 Å². The normalized spacial score (nSPS) is 10.4. The maximum Gasteiger partial charge on any atom is 0.148 e. The van der Waals surface area contributed by atoms with Gasteiger partial charge in [0.05, 0.1) is 17.2 Å². The molecule has 5 rings (SSSR count). The first-order valence-electron chi connectivity index (χ1n) is 11.2. The van der Waals surface area contributed by atoms with Gasteiger partial charge in [-0.1, -0.05) is 78.9 Å². The van der Waals surface area contributed by atoms with E-state index in [0.717, 1.165) is 33.4 Å². The van der Waals surface area contributed by atoms with Crippen LogP contribution in [0.4, 0.5) is 4.39 Å². The molecule has 0 aliphatic heterocycles. The lowest BCUT2D eigenvalue weighted by Gasteiger charge is -2.13. The molecule has 164 valence electrons. The van der Waals surface area contributed by atoms with Crippen LogP contribution in [0.15, 0.2) is 115 Å². The number of rotatable bonds is 4. The van der Waals surface area contributed by atoms with Crippen LogP contribution in [0.1, 0.15) is 11.1 Å². The van der Waals surface area contributed by atoms with Crippen molar-refractivity contribution in [2.45, 2.75) is 0 Å². The van der Waals surface area contributed by atoms with Crippen LogP contribution in [-0.2, 0) is 0 Å². The topological polar surface area (TPSA) is 47.6 Å². The van der Waals surface area contributed by atoms with Gasteiger partial charge in [-0.25, -0.2) is 4.39 Å². The van der Waals surface area contributed by atoms with Gasteiger partial charge in [0.15, 0.2) is 0 Å². The molecule has 0 atom stereocenters. The number of benzene rings is 5. The molecule has 0 aliphatic rings. The van der Waals surface area contributed by atoms with E-state index < -0.39 is 5.82 Å². The number of hydrogen-bond acceptors (Lipinski definition) is 2. The van der Waals surface area contributed by atoms with Crippen molar-refractivity contribution in [3.05, 3.63) is 132 Å². The maximum absolute atomic E-state index is 15.0. The Morgan fingerprint density at radius 2 is 0.943 bits per heavy atom. The fourth-order valence-electron chi connectivity index (χ4n) is 4.24. The standard InChI is InChI=1S/C32H19FN2/c33-32-30(21-35)14-22(20-34)15-31(32)26-13-7-12-25(16-26)29-18-27(23-8-3-1-4-9-23)17-28(19-29)24-10-5-2-6-11-24/h1-19H. The van der Waals surface area contributed by atoms with E-state index in [2.05, 4.69) is 42.5 Å². The second-order valence-corrected chi connectivity index (χ2v) is 8.22. The number of nitriles is 2. The highest BCUT2D eigenvalue weighted by Gasteiger charge is 2.14. The van der Waals surface area contributed by atoms with Crippen LogP contribution in [0, 0.1) is 28.5 Å². The average Bonchev–Trinajstić information content (AvgIpc) is 2.94. The molecule has 3 heteroatoms. The van der Waals surface area contributed by atoms with Gasteiger partial charge >= 0.3 is 0 Å². The van der Waals surface area contributed by atoms with Gasteiger partial charge < -0.3 is 0 Å². The SMILES string of the molecule is N#Cc1cc(C#N)c(F)c(-c2cccc(-c3cc(-c4ccccc4)cc(-c4ccccc4)c3)c2)c1. The zero-order valence-electron chi connectivity index (χ0n) is 18.7. The minimum absolute atomic E-state index is 0.137. The predicted molar refractivity (Wildman–Crippen MR) is 138 cm³/mol. The third-order valence-corrected chi connectivity index (χ3v) is 5.98. The first kappa shape index (κ1) is 21.8. The van der Waals surface area contributed by atoms with E-state index in [9.17, 15) is 10.5 Å². The highest BCUT2D eigenvalue weighted by molar-refractivity contribution is 5.83. The first-order valence-corrected chi connectivity index (χ1v) is 11.2. The molecule has 0 heterocycles. The lowest BCUT2D eigenvalue weighted by atomic mass is 9.91. The molecule has 5 aromatic rings. The molecule has 0 bridgehead atoms. The monoisotopic (exact) mass is 450 g/mol. The third-order valence-electron chi connectivity index (χ3n) is 5.98. The molecule has 0 radical (unpaired) electrons. The Labute approximate surface area is 203 Å². The van der Waals surface area contributed by atoms with Crippen molar-refractivity contribution in [2.75, 3.05) is 0 Å². The number of hydrogen-bond donors (Lipinski definition) is 0. The Kier molecular flexibility index (Phi) is 5.91. The molecular formula is C32H19FN2. The van der Waals surface area contributed by atoms with Crippen LogP contribution in [0.5, 0.6) is 0 Å². The second kappa shape index (κ2) is 9.48. The van der Waals surface area contributed by atoms with Crippen LogP contribution in [0.3, 0.4) is 0 Å². The Bertz CT molecular complexity index is 1550. The van der Waals surface area contributed by atoms with Crippen LogP contribution in [0.25, 0.3) is 44.5 Å². The smallest absolute Gasteiger partial charge is 0.148 e. The zero-order chi connectivity index (χ0) is 24.2. The number of halogens is 1. The molecule has 0 saturated heterocycles.